The van der Waals surface area contributed by atoms with Crippen molar-refractivity contribution in [3.05, 3.63) is 61.4 Å². The smallest absolute Gasteiger partial charge is 0.323 e. The van der Waals surface area contributed by atoms with Crippen molar-refractivity contribution >= 4 is 89.5 Å². The van der Waals surface area contributed by atoms with Crippen LogP contribution in [0.3, 0.4) is 0 Å². The molecule has 2 heterocycles. The summed E-state index contributed by atoms with van der Waals surface area (Å²) in [5, 5.41) is 9.05. The molecule has 5 nitrogen and oxygen atoms in total. The summed E-state index contributed by atoms with van der Waals surface area (Å²) in [5.74, 6) is -0.989. The number of hydrogen-bond acceptors (Lipinski definition) is 5. The largest absolute Gasteiger partial charge is 0.480 e. The number of carboxylic acids is 1. The number of rotatable bonds is 4. The van der Waals surface area contributed by atoms with Crippen LogP contribution in [0.15, 0.2) is 50.2 Å². The number of thioether (sulfide) groups is 1. The maximum Gasteiger partial charge on any atom is 0.323 e. The van der Waals surface area contributed by atoms with Crippen LogP contribution >= 0.6 is 55.8 Å². The van der Waals surface area contributed by atoms with E-state index in [0.29, 0.717) is 16.9 Å². The van der Waals surface area contributed by atoms with Crippen LogP contribution in [-0.2, 0) is 9.59 Å². The summed E-state index contributed by atoms with van der Waals surface area (Å²) in [6, 6.07) is 13.0. The molecule has 1 aliphatic carbocycles. The zero-order valence-corrected chi connectivity index (χ0v) is 21.6. The quantitative estimate of drug-likeness (QED) is 0.332. The van der Waals surface area contributed by atoms with Gasteiger partial charge in [0.05, 0.1) is 10.6 Å². The van der Waals surface area contributed by atoms with Gasteiger partial charge >= 0.3 is 5.97 Å². The molecule has 2 aromatic carbocycles. The zero-order valence-electron chi connectivity index (χ0n) is 16.8. The highest BCUT2D eigenvalue weighted by Crippen LogP contribution is 2.55. The molecule has 9 heteroatoms. The first-order valence-electron chi connectivity index (χ1n) is 10.2. The average molecular weight is 594 g/mol. The van der Waals surface area contributed by atoms with Gasteiger partial charge in [-0.25, -0.2) is 0 Å². The summed E-state index contributed by atoms with van der Waals surface area (Å²) >= 11 is 13.7. The van der Waals surface area contributed by atoms with Crippen LogP contribution in [0.5, 0.6) is 0 Å². The number of halogens is 2. The molecule has 2 aliphatic heterocycles. The molecule has 0 radical (unpaired) electrons. The fourth-order valence-electron chi connectivity index (χ4n) is 4.89. The monoisotopic (exact) mass is 592 g/mol. The topological polar surface area (TPSA) is 60.9 Å². The molecule has 2 atom stereocenters. The molecule has 0 unspecified atom stereocenters. The lowest BCUT2D eigenvalue weighted by Gasteiger charge is -2.28. The number of benzene rings is 2. The first-order chi connectivity index (χ1) is 15.3. The number of aliphatic carboxylic acids is 1. The SMILES string of the molecule is O=C(O)CN1C(=O)C(=Cc2cc(Br)c3c(c2)[C@@H]2CCC[C@@H]2N3c2ccc(Br)cc2)SC1=S. The van der Waals surface area contributed by atoms with Crippen molar-refractivity contribution < 1.29 is 14.7 Å². The predicted octanol–water partition coefficient (Wildman–Crippen LogP) is 6.29. The van der Waals surface area contributed by atoms with Crippen LogP contribution in [0.2, 0.25) is 0 Å². The van der Waals surface area contributed by atoms with E-state index < -0.39 is 12.5 Å². The molecular formula is C23H18Br2N2O3S2. The molecule has 1 saturated heterocycles. The van der Waals surface area contributed by atoms with Crippen molar-refractivity contribution in [3.8, 4) is 0 Å². The fraction of sp³-hybridized carbons (Fsp3) is 0.261. The van der Waals surface area contributed by atoms with Crippen LogP contribution in [0.1, 0.15) is 36.3 Å². The van der Waals surface area contributed by atoms with Crippen molar-refractivity contribution in [3.63, 3.8) is 0 Å². The molecule has 0 bridgehead atoms. The zero-order chi connectivity index (χ0) is 22.6. The Morgan fingerprint density at radius 2 is 1.97 bits per heavy atom. The molecule has 3 aliphatic rings. The van der Waals surface area contributed by atoms with E-state index in [1.165, 1.54) is 23.4 Å². The van der Waals surface area contributed by atoms with E-state index in [9.17, 15) is 9.59 Å². The minimum atomic E-state index is -1.08. The molecule has 2 fully saturated rings. The maximum absolute atomic E-state index is 12.7. The number of nitrogens with zero attached hydrogens (tertiary/aromatic N) is 2. The molecule has 164 valence electrons. The number of fused-ring (bicyclic) bond motifs is 3. The van der Waals surface area contributed by atoms with Gasteiger partial charge in [-0.15, -0.1) is 0 Å². The van der Waals surface area contributed by atoms with Gasteiger partial charge in [-0.2, -0.15) is 0 Å². The molecular weight excluding hydrogens is 576 g/mol. The van der Waals surface area contributed by atoms with Gasteiger partial charge in [0.15, 0.2) is 0 Å². The van der Waals surface area contributed by atoms with Gasteiger partial charge < -0.3 is 10.0 Å². The Kier molecular flexibility index (Phi) is 5.94. The van der Waals surface area contributed by atoms with Crippen LogP contribution < -0.4 is 4.90 Å². The van der Waals surface area contributed by atoms with Crippen LogP contribution in [0, 0.1) is 0 Å². The Morgan fingerprint density at radius 1 is 1.22 bits per heavy atom. The third-order valence-corrected chi connectivity index (χ3v) is 8.65. The van der Waals surface area contributed by atoms with E-state index in [1.54, 1.807) is 0 Å². The van der Waals surface area contributed by atoms with Gasteiger partial charge in [0.2, 0.25) is 0 Å². The summed E-state index contributed by atoms with van der Waals surface area (Å²) in [5.41, 5.74) is 4.57. The maximum atomic E-state index is 12.7. The highest BCUT2D eigenvalue weighted by atomic mass is 79.9. The third kappa shape index (κ3) is 3.83. The number of carbonyl (C=O) groups excluding carboxylic acids is 1. The summed E-state index contributed by atoms with van der Waals surface area (Å²) in [6.45, 7) is -0.415. The molecule has 1 amide bonds. The Labute approximate surface area is 212 Å². The third-order valence-electron chi connectivity index (χ3n) is 6.14. The second kappa shape index (κ2) is 8.59. The second-order valence-corrected chi connectivity index (χ2v) is 11.5. The number of hydrogen-bond donors (Lipinski definition) is 1. The van der Waals surface area contributed by atoms with Gasteiger partial charge in [-0.3, -0.25) is 14.5 Å². The van der Waals surface area contributed by atoms with Gasteiger partial charge in [0, 0.05) is 26.6 Å². The minimum absolute atomic E-state index is 0.279. The molecule has 1 saturated carbocycles. The number of amides is 1. The molecule has 0 aromatic heterocycles. The number of thiocarbonyl (C=S) groups is 1. The average Bonchev–Trinajstić information content (AvgIpc) is 3.39. The summed E-state index contributed by atoms with van der Waals surface area (Å²) in [6.07, 6.45) is 5.29. The van der Waals surface area contributed by atoms with Gasteiger partial charge in [-0.05, 0) is 82.4 Å². The van der Waals surface area contributed by atoms with Crippen LogP contribution in [0.25, 0.3) is 6.08 Å². The highest BCUT2D eigenvalue weighted by molar-refractivity contribution is 9.10. The molecule has 32 heavy (non-hydrogen) atoms. The summed E-state index contributed by atoms with van der Waals surface area (Å²) in [7, 11) is 0. The lowest BCUT2D eigenvalue weighted by atomic mass is 9.96. The van der Waals surface area contributed by atoms with Crippen LogP contribution in [0.4, 0.5) is 11.4 Å². The first kappa shape index (κ1) is 22.1. The minimum Gasteiger partial charge on any atom is -0.480 e. The molecule has 0 spiro atoms. The van der Waals surface area contributed by atoms with E-state index in [0.717, 1.165) is 44.0 Å². The highest BCUT2D eigenvalue weighted by Gasteiger charge is 2.43. The normalized spacial score (nSPS) is 23.2. The Balaban J connectivity index is 1.53. The van der Waals surface area contributed by atoms with E-state index in [2.05, 4.69) is 67.1 Å². The van der Waals surface area contributed by atoms with E-state index in [4.69, 9.17) is 17.3 Å². The van der Waals surface area contributed by atoms with E-state index in [-0.39, 0.29) is 10.2 Å². The Hall–Kier alpha value is -1.68. The number of anilines is 2. The predicted molar refractivity (Wildman–Crippen MR) is 138 cm³/mol. The van der Waals surface area contributed by atoms with E-state index >= 15 is 0 Å². The fourth-order valence-corrected chi connectivity index (χ4v) is 7.09. The lowest BCUT2D eigenvalue weighted by molar-refractivity contribution is -0.140. The van der Waals surface area contributed by atoms with E-state index in [1.807, 2.05) is 12.1 Å². The lowest BCUT2D eigenvalue weighted by Crippen LogP contribution is -2.33. The van der Waals surface area contributed by atoms with Crippen molar-refractivity contribution in [2.24, 2.45) is 0 Å². The summed E-state index contributed by atoms with van der Waals surface area (Å²) < 4.78 is 2.32. The van der Waals surface area contributed by atoms with Gasteiger partial charge in [0.25, 0.3) is 5.91 Å². The standard InChI is InChI=1S/C23H18Br2N2O3S2/c24-13-4-6-14(7-5-13)27-18-3-1-2-15(18)16-8-12(9-17(25)21(16)27)10-19-22(30)26(11-20(28)29)23(31)32-19/h4-10,15,18H,1-3,11H2,(H,28,29)/t15-,18-/m0/s1. The Bertz CT molecular complexity index is 1180. The Morgan fingerprint density at radius 3 is 2.69 bits per heavy atom. The summed E-state index contributed by atoms with van der Waals surface area (Å²) in [4.78, 5) is 27.8. The van der Waals surface area contributed by atoms with Crippen molar-refractivity contribution in [1.82, 2.24) is 4.90 Å². The van der Waals surface area contributed by atoms with Crippen molar-refractivity contribution in [2.75, 3.05) is 11.4 Å². The first-order valence-corrected chi connectivity index (χ1v) is 13.0. The molecule has 1 N–H and O–H groups in total. The van der Waals surface area contributed by atoms with Gasteiger partial charge in [0.1, 0.15) is 10.9 Å². The van der Waals surface area contributed by atoms with Crippen LogP contribution in [-0.4, -0.2) is 38.8 Å². The number of carbonyl (C=O) groups is 2. The number of carboxylic acid groups (broad SMARTS) is 1. The van der Waals surface area contributed by atoms with Crippen molar-refractivity contribution in [2.45, 2.75) is 31.2 Å². The molecule has 5 rings (SSSR count). The molecule has 2 aromatic rings. The van der Waals surface area contributed by atoms with Gasteiger partial charge in [-0.1, -0.05) is 46.3 Å². The van der Waals surface area contributed by atoms with Crippen molar-refractivity contribution in [1.29, 1.82) is 0 Å². The second-order valence-electron chi connectivity index (χ2n) is 8.05.